The highest BCUT2D eigenvalue weighted by molar-refractivity contribution is 5.74. The summed E-state index contributed by atoms with van der Waals surface area (Å²) >= 11 is 0. The van der Waals surface area contributed by atoms with Crippen LogP contribution in [0.25, 0.3) is 0 Å². The monoisotopic (exact) mass is 338 g/mol. The maximum Gasteiger partial charge on any atom is 0.317 e. The molecule has 3 aliphatic heterocycles. The van der Waals surface area contributed by atoms with E-state index in [0.29, 0.717) is 32.2 Å². The van der Waals surface area contributed by atoms with Crippen LogP contribution in [0.3, 0.4) is 0 Å². The van der Waals surface area contributed by atoms with E-state index in [1.54, 1.807) is 0 Å². The lowest BCUT2D eigenvalue weighted by Crippen LogP contribution is -2.52. The molecule has 0 aromatic heterocycles. The minimum atomic E-state index is -0.538. The smallest absolute Gasteiger partial charge is 0.317 e. The fourth-order valence-corrected chi connectivity index (χ4v) is 4.07. The van der Waals surface area contributed by atoms with Crippen molar-refractivity contribution in [1.82, 2.24) is 10.2 Å². The van der Waals surface area contributed by atoms with Crippen molar-refractivity contribution in [1.29, 1.82) is 0 Å². The predicted octanol–water partition coefficient (Wildman–Crippen LogP) is 2.15. The van der Waals surface area contributed by atoms with Crippen molar-refractivity contribution in [2.24, 2.45) is 11.8 Å². The van der Waals surface area contributed by atoms with Gasteiger partial charge in [0.15, 0.2) is 5.79 Å². The summed E-state index contributed by atoms with van der Waals surface area (Å²) in [6.45, 7) is 12.1. The Hall–Kier alpha value is -1.11. The molecule has 0 radical (unpaired) electrons. The molecule has 136 valence electrons. The Morgan fingerprint density at radius 2 is 2.04 bits per heavy atom. The van der Waals surface area contributed by atoms with Crippen molar-refractivity contribution in [3.63, 3.8) is 0 Å². The number of carbonyl (C=O) groups excluding carboxylic acids is 1. The van der Waals surface area contributed by atoms with E-state index in [4.69, 9.17) is 14.2 Å². The lowest BCUT2D eigenvalue weighted by atomic mass is 9.90. The van der Waals surface area contributed by atoms with E-state index in [1.165, 1.54) is 0 Å². The molecule has 2 amide bonds. The van der Waals surface area contributed by atoms with Gasteiger partial charge in [-0.25, -0.2) is 4.79 Å². The van der Waals surface area contributed by atoms with Gasteiger partial charge in [-0.1, -0.05) is 12.2 Å². The van der Waals surface area contributed by atoms with E-state index in [9.17, 15) is 4.79 Å². The molecule has 0 aliphatic carbocycles. The molecule has 0 saturated carbocycles. The third-order valence-electron chi connectivity index (χ3n) is 5.53. The topological polar surface area (TPSA) is 60.0 Å². The fourth-order valence-electron chi connectivity index (χ4n) is 4.07. The number of nitrogens with one attached hydrogen (secondary N) is 1. The lowest BCUT2D eigenvalue weighted by molar-refractivity contribution is -0.189. The highest BCUT2D eigenvalue weighted by Crippen LogP contribution is 2.34. The van der Waals surface area contributed by atoms with Gasteiger partial charge >= 0.3 is 6.03 Å². The van der Waals surface area contributed by atoms with Crippen LogP contribution in [-0.4, -0.2) is 62.3 Å². The van der Waals surface area contributed by atoms with Gasteiger partial charge in [0, 0.05) is 38.1 Å². The number of hydrogen-bond donors (Lipinski definition) is 1. The molecule has 0 aromatic carbocycles. The molecule has 3 saturated heterocycles. The summed E-state index contributed by atoms with van der Waals surface area (Å²) in [6.07, 6.45) is 3.06. The molecular formula is C18H30N2O4. The molecule has 0 aromatic rings. The van der Waals surface area contributed by atoms with Crippen LogP contribution in [0, 0.1) is 11.8 Å². The first-order chi connectivity index (χ1) is 11.5. The van der Waals surface area contributed by atoms with Gasteiger partial charge in [0.25, 0.3) is 0 Å². The van der Waals surface area contributed by atoms with Crippen molar-refractivity contribution in [2.75, 3.05) is 39.5 Å². The van der Waals surface area contributed by atoms with E-state index in [0.717, 1.165) is 38.0 Å². The molecule has 0 bridgehead atoms. The van der Waals surface area contributed by atoms with E-state index in [2.05, 4.69) is 11.9 Å². The Morgan fingerprint density at radius 1 is 1.29 bits per heavy atom. The normalized spacial score (nSPS) is 32.8. The van der Waals surface area contributed by atoms with E-state index >= 15 is 0 Å². The molecular weight excluding hydrogens is 308 g/mol. The number of carbonyl (C=O) groups is 1. The zero-order valence-corrected chi connectivity index (χ0v) is 14.9. The summed E-state index contributed by atoms with van der Waals surface area (Å²) in [7, 11) is 0. The SMILES string of the molecule is C=C(C)C1OCCC1CNC(=O)N1CCCC(C2(C)OCCO2)C1. The van der Waals surface area contributed by atoms with E-state index < -0.39 is 5.79 Å². The molecule has 3 atom stereocenters. The van der Waals surface area contributed by atoms with Crippen LogP contribution >= 0.6 is 0 Å². The Bertz CT molecular complexity index is 476. The average molecular weight is 338 g/mol. The van der Waals surface area contributed by atoms with Gasteiger partial charge in [-0.3, -0.25) is 0 Å². The zero-order valence-electron chi connectivity index (χ0n) is 14.9. The van der Waals surface area contributed by atoms with Crippen molar-refractivity contribution < 1.29 is 19.0 Å². The summed E-state index contributed by atoms with van der Waals surface area (Å²) in [4.78, 5) is 14.5. The number of nitrogens with zero attached hydrogens (tertiary/aromatic N) is 1. The first-order valence-electron chi connectivity index (χ1n) is 9.07. The Morgan fingerprint density at radius 3 is 2.75 bits per heavy atom. The molecule has 3 rings (SSSR count). The quantitative estimate of drug-likeness (QED) is 0.798. The van der Waals surface area contributed by atoms with Gasteiger partial charge in [-0.2, -0.15) is 0 Å². The molecule has 24 heavy (non-hydrogen) atoms. The Balaban J connectivity index is 1.50. The average Bonchev–Trinajstić information content (AvgIpc) is 3.22. The first kappa shape index (κ1) is 17.7. The van der Waals surface area contributed by atoms with Gasteiger partial charge in [0.1, 0.15) is 0 Å². The van der Waals surface area contributed by atoms with E-state index in [-0.39, 0.29) is 18.1 Å². The first-order valence-corrected chi connectivity index (χ1v) is 9.07. The Labute approximate surface area is 144 Å². The summed E-state index contributed by atoms with van der Waals surface area (Å²) in [5.74, 6) is 0.0204. The van der Waals surface area contributed by atoms with Crippen LogP contribution in [0.15, 0.2) is 12.2 Å². The fraction of sp³-hybridized carbons (Fsp3) is 0.833. The van der Waals surface area contributed by atoms with Crippen LogP contribution in [0.1, 0.15) is 33.1 Å². The van der Waals surface area contributed by atoms with Crippen molar-refractivity contribution in [3.8, 4) is 0 Å². The molecule has 6 nitrogen and oxygen atoms in total. The molecule has 3 heterocycles. The number of likely N-dealkylation sites (tertiary alicyclic amines) is 1. The highest BCUT2D eigenvalue weighted by Gasteiger charge is 2.42. The number of rotatable bonds is 4. The standard InChI is InChI=1S/C18H30N2O4/c1-13(2)16-14(6-8-22-16)11-19-17(21)20-7-4-5-15(12-20)18(3)23-9-10-24-18/h14-16H,1,4-12H2,2-3H3,(H,19,21). The largest absolute Gasteiger partial charge is 0.374 e. The van der Waals surface area contributed by atoms with Crippen LogP contribution in [0.4, 0.5) is 4.79 Å². The van der Waals surface area contributed by atoms with Crippen molar-refractivity contribution in [2.45, 2.75) is 45.0 Å². The molecule has 1 N–H and O–H groups in total. The molecule has 3 unspecified atom stereocenters. The van der Waals surface area contributed by atoms with Crippen molar-refractivity contribution in [3.05, 3.63) is 12.2 Å². The summed E-state index contributed by atoms with van der Waals surface area (Å²) in [5, 5.41) is 3.09. The maximum absolute atomic E-state index is 12.6. The van der Waals surface area contributed by atoms with Crippen molar-refractivity contribution >= 4 is 6.03 Å². The highest BCUT2D eigenvalue weighted by atomic mass is 16.7. The van der Waals surface area contributed by atoms with Gasteiger partial charge in [0.2, 0.25) is 0 Å². The number of amides is 2. The predicted molar refractivity (Wildman–Crippen MR) is 90.7 cm³/mol. The second kappa shape index (κ2) is 7.42. The zero-order chi connectivity index (χ0) is 17.2. The minimum absolute atomic E-state index is 0.00802. The minimum Gasteiger partial charge on any atom is -0.374 e. The molecule has 3 aliphatic rings. The van der Waals surface area contributed by atoms with Crippen LogP contribution < -0.4 is 5.32 Å². The maximum atomic E-state index is 12.6. The molecule has 3 fully saturated rings. The van der Waals surface area contributed by atoms with Gasteiger partial charge in [0.05, 0.1) is 19.3 Å². The van der Waals surface area contributed by atoms with Crippen LogP contribution in [-0.2, 0) is 14.2 Å². The van der Waals surface area contributed by atoms with Gasteiger partial charge in [-0.15, -0.1) is 0 Å². The third kappa shape index (κ3) is 3.76. The summed E-state index contributed by atoms with van der Waals surface area (Å²) < 4.78 is 17.3. The summed E-state index contributed by atoms with van der Waals surface area (Å²) in [5.41, 5.74) is 1.04. The number of hydrogen-bond acceptors (Lipinski definition) is 4. The number of ether oxygens (including phenoxy) is 3. The summed E-state index contributed by atoms with van der Waals surface area (Å²) in [6, 6.07) is 0.00802. The van der Waals surface area contributed by atoms with Gasteiger partial charge in [-0.05, 0) is 33.1 Å². The van der Waals surface area contributed by atoms with Crippen LogP contribution in [0.5, 0.6) is 0 Å². The lowest BCUT2D eigenvalue weighted by Gasteiger charge is -2.40. The molecule has 0 spiro atoms. The third-order valence-corrected chi connectivity index (χ3v) is 5.53. The second-order valence-electron chi connectivity index (χ2n) is 7.37. The Kier molecular flexibility index (Phi) is 5.47. The molecule has 6 heteroatoms. The number of piperidine rings is 1. The van der Waals surface area contributed by atoms with E-state index in [1.807, 2.05) is 18.7 Å². The number of urea groups is 1. The van der Waals surface area contributed by atoms with Crippen LogP contribution in [0.2, 0.25) is 0 Å². The van der Waals surface area contributed by atoms with Gasteiger partial charge < -0.3 is 24.4 Å². The second-order valence-corrected chi connectivity index (χ2v) is 7.37.